The van der Waals surface area contributed by atoms with E-state index in [-0.39, 0.29) is 23.3 Å². The molecule has 2 amide bonds. The zero-order valence-corrected chi connectivity index (χ0v) is 16.8. The second-order valence-electron chi connectivity index (χ2n) is 7.96. The summed E-state index contributed by atoms with van der Waals surface area (Å²) in [6, 6.07) is 4.09. The SMILES string of the molecule is COc1cc2c(cc1OC)C1(CCN(C(=O)C3CC(=O)N(C)C3)CC1)OCC2. The van der Waals surface area contributed by atoms with Crippen LogP contribution in [0.5, 0.6) is 11.5 Å². The molecule has 0 radical (unpaired) electrons. The third-order valence-corrected chi connectivity index (χ3v) is 6.42. The van der Waals surface area contributed by atoms with Crippen molar-refractivity contribution in [1.82, 2.24) is 9.80 Å². The van der Waals surface area contributed by atoms with Crippen molar-refractivity contribution in [1.29, 1.82) is 0 Å². The van der Waals surface area contributed by atoms with Crippen molar-refractivity contribution in [3.05, 3.63) is 23.3 Å². The zero-order chi connectivity index (χ0) is 19.9. The Bertz CT molecular complexity index is 785. The minimum Gasteiger partial charge on any atom is -0.493 e. The molecule has 0 aromatic heterocycles. The summed E-state index contributed by atoms with van der Waals surface area (Å²) in [5, 5.41) is 0. The van der Waals surface area contributed by atoms with Crippen LogP contribution in [0.1, 0.15) is 30.4 Å². The molecule has 4 rings (SSSR count). The Hall–Kier alpha value is -2.28. The fraction of sp³-hybridized carbons (Fsp3) is 0.619. The predicted molar refractivity (Wildman–Crippen MR) is 102 cm³/mol. The number of amides is 2. The van der Waals surface area contributed by atoms with Crippen LogP contribution in [0.25, 0.3) is 0 Å². The molecule has 28 heavy (non-hydrogen) atoms. The molecule has 1 unspecified atom stereocenters. The smallest absolute Gasteiger partial charge is 0.227 e. The van der Waals surface area contributed by atoms with Gasteiger partial charge in [0, 0.05) is 33.1 Å². The lowest BCUT2D eigenvalue weighted by molar-refractivity contribution is -0.144. The van der Waals surface area contributed by atoms with Gasteiger partial charge in [0.25, 0.3) is 0 Å². The maximum Gasteiger partial charge on any atom is 0.227 e. The number of methoxy groups -OCH3 is 2. The molecule has 1 aromatic carbocycles. The molecule has 0 saturated carbocycles. The summed E-state index contributed by atoms with van der Waals surface area (Å²) in [5.41, 5.74) is 2.00. The number of carbonyl (C=O) groups excluding carboxylic acids is 2. The molecule has 1 aromatic rings. The first kappa shape index (κ1) is 19.1. The summed E-state index contributed by atoms with van der Waals surface area (Å²) in [7, 11) is 5.05. The Kier molecular flexibility index (Phi) is 4.95. The second kappa shape index (κ2) is 7.28. The van der Waals surface area contributed by atoms with Crippen LogP contribution < -0.4 is 9.47 Å². The van der Waals surface area contributed by atoms with Crippen LogP contribution in [0.15, 0.2) is 12.1 Å². The largest absolute Gasteiger partial charge is 0.493 e. The summed E-state index contributed by atoms with van der Waals surface area (Å²) in [6.07, 6.45) is 2.67. The molecule has 2 fully saturated rings. The molecular weight excluding hydrogens is 360 g/mol. The van der Waals surface area contributed by atoms with E-state index in [0.29, 0.717) is 38.4 Å². The summed E-state index contributed by atoms with van der Waals surface area (Å²) < 4.78 is 17.2. The molecule has 0 bridgehead atoms. The third-order valence-electron chi connectivity index (χ3n) is 6.42. The topological polar surface area (TPSA) is 68.3 Å². The molecule has 1 atom stereocenters. The van der Waals surface area contributed by atoms with Crippen molar-refractivity contribution in [2.24, 2.45) is 5.92 Å². The van der Waals surface area contributed by atoms with E-state index >= 15 is 0 Å². The van der Waals surface area contributed by atoms with Crippen molar-refractivity contribution >= 4 is 11.8 Å². The molecule has 152 valence electrons. The van der Waals surface area contributed by atoms with E-state index in [9.17, 15) is 9.59 Å². The molecule has 3 aliphatic heterocycles. The average Bonchev–Trinajstić information content (AvgIpc) is 3.06. The van der Waals surface area contributed by atoms with E-state index in [2.05, 4.69) is 6.07 Å². The van der Waals surface area contributed by atoms with Gasteiger partial charge >= 0.3 is 0 Å². The van der Waals surface area contributed by atoms with Crippen LogP contribution in [-0.2, 0) is 26.3 Å². The van der Waals surface area contributed by atoms with E-state index in [1.807, 2.05) is 11.0 Å². The maximum atomic E-state index is 12.9. The first-order valence-electron chi connectivity index (χ1n) is 9.89. The van der Waals surface area contributed by atoms with Gasteiger partial charge in [0.05, 0.1) is 32.3 Å². The van der Waals surface area contributed by atoms with Crippen molar-refractivity contribution in [2.45, 2.75) is 31.3 Å². The second-order valence-corrected chi connectivity index (χ2v) is 7.96. The minimum absolute atomic E-state index is 0.0532. The summed E-state index contributed by atoms with van der Waals surface area (Å²) in [5.74, 6) is 1.38. The summed E-state index contributed by atoms with van der Waals surface area (Å²) >= 11 is 0. The number of nitrogens with zero attached hydrogens (tertiary/aromatic N) is 2. The van der Waals surface area contributed by atoms with E-state index in [0.717, 1.165) is 30.6 Å². The molecular formula is C21H28N2O5. The normalized spacial score (nSPS) is 23.7. The zero-order valence-electron chi connectivity index (χ0n) is 16.8. The van der Waals surface area contributed by atoms with Gasteiger partial charge in [-0.15, -0.1) is 0 Å². The van der Waals surface area contributed by atoms with Gasteiger partial charge in [-0.1, -0.05) is 0 Å². The fourth-order valence-corrected chi connectivity index (χ4v) is 4.78. The van der Waals surface area contributed by atoms with Crippen LogP contribution >= 0.6 is 0 Å². The van der Waals surface area contributed by atoms with Crippen molar-refractivity contribution in [3.63, 3.8) is 0 Å². The van der Waals surface area contributed by atoms with Crippen molar-refractivity contribution in [3.8, 4) is 11.5 Å². The van der Waals surface area contributed by atoms with Crippen LogP contribution in [0, 0.1) is 5.92 Å². The van der Waals surface area contributed by atoms with Crippen LogP contribution in [0.3, 0.4) is 0 Å². The lowest BCUT2D eigenvalue weighted by Crippen LogP contribution is -2.50. The molecule has 1 spiro atoms. The lowest BCUT2D eigenvalue weighted by Gasteiger charge is -2.45. The molecule has 0 aliphatic carbocycles. The van der Waals surface area contributed by atoms with E-state index in [1.165, 1.54) is 5.56 Å². The number of piperidine rings is 1. The highest BCUT2D eigenvalue weighted by Gasteiger charge is 2.44. The number of rotatable bonds is 3. The number of ether oxygens (including phenoxy) is 3. The van der Waals surface area contributed by atoms with Gasteiger partial charge in [-0.05, 0) is 42.5 Å². The minimum atomic E-state index is -0.383. The molecule has 3 aliphatic rings. The van der Waals surface area contributed by atoms with Gasteiger partial charge in [0.2, 0.25) is 11.8 Å². The highest BCUT2D eigenvalue weighted by atomic mass is 16.5. The van der Waals surface area contributed by atoms with Crippen molar-refractivity contribution < 1.29 is 23.8 Å². The predicted octanol–water partition coefficient (Wildman–Crippen LogP) is 1.57. The number of hydrogen-bond donors (Lipinski definition) is 0. The monoisotopic (exact) mass is 388 g/mol. The molecule has 0 N–H and O–H groups in total. The Morgan fingerprint density at radius 3 is 2.46 bits per heavy atom. The standard InChI is InChI=1S/C21H28N2O5/c1-22-13-15(11-19(22)24)20(25)23-7-5-21(6-8-23)16-12-18(27-3)17(26-2)10-14(16)4-9-28-21/h10,12,15H,4-9,11,13H2,1-3H3. The molecule has 7 heteroatoms. The van der Waals surface area contributed by atoms with E-state index < -0.39 is 0 Å². The van der Waals surface area contributed by atoms with E-state index in [1.54, 1.807) is 26.2 Å². The summed E-state index contributed by atoms with van der Waals surface area (Å²) in [6.45, 7) is 2.47. The first-order chi connectivity index (χ1) is 13.5. The number of hydrogen-bond acceptors (Lipinski definition) is 5. The Morgan fingerprint density at radius 1 is 1.18 bits per heavy atom. The van der Waals surface area contributed by atoms with Crippen LogP contribution in [-0.4, -0.2) is 69.1 Å². The van der Waals surface area contributed by atoms with Gasteiger partial charge in [0.15, 0.2) is 11.5 Å². The molecule has 7 nitrogen and oxygen atoms in total. The maximum absolute atomic E-state index is 12.9. The Balaban J connectivity index is 1.52. The van der Waals surface area contributed by atoms with E-state index in [4.69, 9.17) is 14.2 Å². The fourth-order valence-electron chi connectivity index (χ4n) is 4.78. The van der Waals surface area contributed by atoms with Crippen LogP contribution in [0.2, 0.25) is 0 Å². The summed E-state index contributed by atoms with van der Waals surface area (Å²) in [4.78, 5) is 28.2. The number of fused-ring (bicyclic) bond motifs is 2. The van der Waals surface area contributed by atoms with Gasteiger partial charge in [-0.25, -0.2) is 0 Å². The molecule has 3 heterocycles. The quantitative estimate of drug-likeness (QED) is 0.786. The average molecular weight is 388 g/mol. The van der Waals surface area contributed by atoms with Gasteiger partial charge < -0.3 is 24.0 Å². The Morgan fingerprint density at radius 2 is 1.86 bits per heavy atom. The van der Waals surface area contributed by atoms with Gasteiger partial charge in [-0.3, -0.25) is 9.59 Å². The van der Waals surface area contributed by atoms with Gasteiger partial charge in [0.1, 0.15) is 0 Å². The Labute approximate surface area is 165 Å². The number of benzene rings is 1. The lowest BCUT2D eigenvalue weighted by atomic mass is 9.79. The number of carbonyl (C=O) groups is 2. The molecule has 2 saturated heterocycles. The first-order valence-corrected chi connectivity index (χ1v) is 9.89. The highest BCUT2D eigenvalue weighted by Crippen LogP contribution is 2.45. The third kappa shape index (κ3) is 3.11. The van der Waals surface area contributed by atoms with Crippen LogP contribution in [0.4, 0.5) is 0 Å². The number of likely N-dealkylation sites (tertiary alicyclic amines) is 2. The van der Waals surface area contributed by atoms with Crippen molar-refractivity contribution in [2.75, 3.05) is 47.5 Å². The highest BCUT2D eigenvalue weighted by molar-refractivity contribution is 5.89. The van der Waals surface area contributed by atoms with Gasteiger partial charge in [-0.2, -0.15) is 0 Å².